The highest BCUT2D eigenvalue weighted by molar-refractivity contribution is 6.06. The van der Waals surface area contributed by atoms with Crippen LogP contribution in [0.2, 0.25) is 0 Å². The number of anilines is 1. The van der Waals surface area contributed by atoms with Crippen LogP contribution in [0.3, 0.4) is 0 Å². The van der Waals surface area contributed by atoms with Crippen molar-refractivity contribution in [3.63, 3.8) is 0 Å². The van der Waals surface area contributed by atoms with E-state index < -0.39 is 0 Å². The molecule has 122 valence electrons. The molecular weight excluding hydrogens is 300 g/mol. The lowest BCUT2D eigenvalue weighted by atomic mass is 10.1. The predicted molar refractivity (Wildman–Crippen MR) is 94.3 cm³/mol. The van der Waals surface area contributed by atoms with Gasteiger partial charge in [0.2, 0.25) is 0 Å². The Hall–Kier alpha value is -2.69. The van der Waals surface area contributed by atoms with Crippen molar-refractivity contribution >= 4 is 17.1 Å². The fourth-order valence-corrected chi connectivity index (χ4v) is 3.51. The van der Waals surface area contributed by atoms with E-state index in [0.29, 0.717) is 17.3 Å². The molecule has 0 radical (unpaired) electrons. The molecule has 0 spiro atoms. The van der Waals surface area contributed by atoms with Gasteiger partial charge in [0.05, 0.1) is 11.1 Å². The average molecular weight is 320 g/mol. The maximum Gasteiger partial charge on any atom is 0.164 e. The Labute approximate surface area is 140 Å². The first-order valence-corrected chi connectivity index (χ1v) is 8.43. The zero-order valence-electron chi connectivity index (χ0n) is 13.7. The molecule has 1 aliphatic carbocycles. The van der Waals surface area contributed by atoms with E-state index in [1.165, 1.54) is 25.7 Å². The molecule has 0 atom stereocenters. The van der Waals surface area contributed by atoms with Gasteiger partial charge in [0.25, 0.3) is 0 Å². The summed E-state index contributed by atoms with van der Waals surface area (Å²) in [5.41, 5.74) is 3.04. The first-order chi connectivity index (χ1) is 11.7. The summed E-state index contributed by atoms with van der Waals surface area (Å²) in [6.07, 6.45) is 8.39. The number of fused-ring (bicyclic) bond motifs is 1. The smallest absolute Gasteiger partial charge is 0.164 e. The number of ketones is 1. The highest BCUT2D eigenvalue weighted by Gasteiger charge is 2.21. The molecule has 5 heteroatoms. The summed E-state index contributed by atoms with van der Waals surface area (Å²) in [6, 6.07) is 10.2. The summed E-state index contributed by atoms with van der Waals surface area (Å²) in [6.45, 7) is 1.59. The van der Waals surface area contributed by atoms with Gasteiger partial charge in [-0.2, -0.15) is 5.10 Å². The average Bonchev–Trinajstić information content (AvgIpc) is 3.23. The monoisotopic (exact) mass is 320 g/mol. The summed E-state index contributed by atoms with van der Waals surface area (Å²) in [5.74, 6) is 0.957. The van der Waals surface area contributed by atoms with Crippen molar-refractivity contribution in [2.24, 2.45) is 0 Å². The summed E-state index contributed by atoms with van der Waals surface area (Å²) in [4.78, 5) is 16.4. The molecule has 0 saturated heterocycles. The number of nitrogens with zero attached hydrogens (tertiary/aromatic N) is 3. The van der Waals surface area contributed by atoms with Gasteiger partial charge in [-0.25, -0.2) is 4.52 Å². The molecule has 24 heavy (non-hydrogen) atoms. The van der Waals surface area contributed by atoms with Gasteiger partial charge in [0.15, 0.2) is 5.78 Å². The van der Waals surface area contributed by atoms with Crippen molar-refractivity contribution in [2.45, 2.75) is 38.6 Å². The maximum atomic E-state index is 12.3. The molecule has 1 N–H and O–H groups in total. The second-order valence-electron chi connectivity index (χ2n) is 6.36. The number of Topliss-reactive ketones (excluding diaryl/α,β-unsaturated/α-hetero) is 1. The molecule has 1 saturated carbocycles. The fraction of sp³-hybridized carbons (Fsp3) is 0.316. The number of carbonyl (C=O) groups excluding carboxylic acids is 1. The van der Waals surface area contributed by atoms with Crippen LogP contribution in [0.1, 0.15) is 43.0 Å². The van der Waals surface area contributed by atoms with Crippen LogP contribution in [-0.2, 0) is 0 Å². The molecule has 0 aromatic carbocycles. The summed E-state index contributed by atoms with van der Waals surface area (Å²) in [7, 11) is 0. The molecule has 0 amide bonds. The molecule has 0 bridgehead atoms. The summed E-state index contributed by atoms with van der Waals surface area (Å²) in [5, 5.41) is 8.33. The van der Waals surface area contributed by atoms with Crippen molar-refractivity contribution in [1.82, 2.24) is 14.6 Å². The molecule has 3 aromatic heterocycles. The molecule has 1 aliphatic rings. The Morgan fingerprint density at radius 1 is 1.21 bits per heavy atom. The molecule has 3 aromatic rings. The first kappa shape index (κ1) is 14.9. The lowest BCUT2D eigenvalue weighted by Crippen LogP contribution is -2.17. The Morgan fingerprint density at radius 3 is 2.75 bits per heavy atom. The van der Waals surface area contributed by atoms with Gasteiger partial charge in [-0.05, 0) is 44.0 Å². The van der Waals surface area contributed by atoms with Crippen LogP contribution in [0, 0.1) is 0 Å². The fourth-order valence-electron chi connectivity index (χ4n) is 3.51. The van der Waals surface area contributed by atoms with Crippen LogP contribution in [-0.4, -0.2) is 26.4 Å². The Bertz CT molecular complexity index is 879. The number of aromatic nitrogens is 3. The number of pyridine rings is 2. The van der Waals surface area contributed by atoms with Crippen LogP contribution in [0.4, 0.5) is 5.82 Å². The SMILES string of the molecule is CC(=O)c1c(-c2cccnc2)nn2c(NC3CCCC3)cccc12. The molecule has 0 aliphatic heterocycles. The Balaban J connectivity index is 1.87. The van der Waals surface area contributed by atoms with E-state index >= 15 is 0 Å². The molecule has 0 unspecified atom stereocenters. The lowest BCUT2D eigenvalue weighted by molar-refractivity contribution is 0.102. The number of carbonyl (C=O) groups is 1. The van der Waals surface area contributed by atoms with E-state index in [2.05, 4.69) is 10.3 Å². The van der Waals surface area contributed by atoms with Crippen LogP contribution in [0.15, 0.2) is 42.7 Å². The maximum absolute atomic E-state index is 12.3. The van der Waals surface area contributed by atoms with E-state index in [9.17, 15) is 4.79 Å². The van der Waals surface area contributed by atoms with Crippen molar-refractivity contribution in [3.8, 4) is 11.3 Å². The molecule has 3 heterocycles. The van der Waals surface area contributed by atoms with E-state index in [1.54, 1.807) is 19.3 Å². The van der Waals surface area contributed by atoms with Gasteiger partial charge >= 0.3 is 0 Å². The third-order valence-corrected chi connectivity index (χ3v) is 4.65. The van der Waals surface area contributed by atoms with Crippen LogP contribution in [0.25, 0.3) is 16.8 Å². The second kappa shape index (κ2) is 6.07. The van der Waals surface area contributed by atoms with Crippen LogP contribution in [0.5, 0.6) is 0 Å². The normalized spacial score (nSPS) is 15.0. The third-order valence-electron chi connectivity index (χ3n) is 4.65. The zero-order valence-corrected chi connectivity index (χ0v) is 13.7. The van der Waals surface area contributed by atoms with Gasteiger partial charge in [-0.15, -0.1) is 0 Å². The summed E-state index contributed by atoms with van der Waals surface area (Å²) < 4.78 is 1.86. The number of hydrogen-bond acceptors (Lipinski definition) is 4. The van der Waals surface area contributed by atoms with Crippen LogP contribution < -0.4 is 5.32 Å². The lowest BCUT2D eigenvalue weighted by Gasteiger charge is -2.14. The molecule has 4 rings (SSSR count). The minimum absolute atomic E-state index is 0.0156. The van der Waals surface area contributed by atoms with Crippen LogP contribution >= 0.6 is 0 Å². The van der Waals surface area contributed by atoms with Crippen molar-refractivity contribution < 1.29 is 4.79 Å². The Morgan fingerprint density at radius 2 is 2.04 bits per heavy atom. The molecule has 1 fully saturated rings. The van der Waals surface area contributed by atoms with Gasteiger partial charge in [0.1, 0.15) is 11.5 Å². The van der Waals surface area contributed by atoms with Gasteiger partial charge in [0, 0.05) is 24.0 Å². The number of hydrogen-bond donors (Lipinski definition) is 1. The number of rotatable bonds is 4. The van der Waals surface area contributed by atoms with Crippen molar-refractivity contribution in [3.05, 3.63) is 48.3 Å². The number of nitrogens with one attached hydrogen (secondary N) is 1. The largest absolute Gasteiger partial charge is 0.367 e. The van der Waals surface area contributed by atoms with Gasteiger partial charge in [-0.1, -0.05) is 18.9 Å². The molecule has 5 nitrogen and oxygen atoms in total. The topological polar surface area (TPSA) is 59.3 Å². The summed E-state index contributed by atoms with van der Waals surface area (Å²) >= 11 is 0. The van der Waals surface area contributed by atoms with E-state index in [1.807, 2.05) is 34.8 Å². The Kier molecular flexibility index (Phi) is 3.76. The van der Waals surface area contributed by atoms with Crippen molar-refractivity contribution in [2.75, 3.05) is 5.32 Å². The van der Waals surface area contributed by atoms with Gasteiger partial charge < -0.3 is 5.32 Å². The predicted octanol–water partition coefficient (Wildman–Crippen LogP) is 3.95. The minimum Gasteiger partial charge on any atom is -0.367 e. The highest BCUT2D eigenvalue weighted by Crippen LogP contribution is 2.29. The third kappa shape index (κ3) is 2.56. The zero-order chi connectivity index (χ0) is 16.5. The standard InChI is InChI=1S/C19H20N4O/c1-13(24)18-16-9-4-10-17(21-15-7-2-3-8-15)23(16)22-19(18)14-6-5-11-20-12-14/h4-6,9-12,15,21H,2-3,7-8H2,1H3. The van der Waals surface area contributed by atoms with Crippen molar-refractivity contribution in [1.29, 1.82) is 0 Å². The van der Waals surface area contributed by atoms with E-state index in [0.717, 1.165) is 16.9 Å². The molecular formula is C19H20N4O. The second-order valence-corrected chi connectivity index (χ2v) is 6.36. The van der Waals surface area contributed by atoms with E-state index in [-0.39, 0.29) is 5.78 Å². The van der Waals surface area contributed by atoms with Gasteiger partial charge in [-0.3, -0.25) is 9.78 Å². The minimum atomic E-state index is 0.0156. The first-order valence-electron chi connectivity index (χ1n) is 8.43. The quantitative estimate of drug-likeness (QED) is 0.739. The highest BCUT2D eigenvalue weighted by atomic mass is 16.1. The van der Waals surface area contributed by atoms with E-state index in [4.69, 9.17) is 5.10 Å².